The molecule has 0 aliphatic carbocycles. The molecule has 2 rings (SSSR count). The van der Waals surface area contributed by atoms with Crippen LogP contribution in [0.2, 0.25) is 0 Å². The SMILES string of the molecule is CNCc1ccn(Cc2ccc(C(C)(C)C)cc2)n1. The highest BCUT2D eigenvalue weighted by atomic mass is 15.3. The van der Waals surface area contributed by atoms with E-state index < -0.39 is 0 Å². The summed E-state index contributed by atoms with van der Waals surface area (Å²) in [5.41, 5.74) is 3.94. The van der Waals surface area contributed by atoms with Crippen LogP contribution in [-0.4, -0.2) is 16.8 Å². The van der Waals surface area contributed by atoms with Crippen LogP contribution >= 0.6 is 0 Å². The van der Waals surface area contributed by atoms with Crippen molar-refractivity contribution in [2.75, 3.05) is 7.05 Å². The van der Waals surface area contributed by atoms with Gasteiger partial charge in [0.05, 0.1) is 12.2 Å². The monoisotopic (exact) mass is 257 g/mol. The summed E-state index contributed by atoms with van der Waals surface area (Å²) in [6, 6.07) is 10.9. The summed E-state index contributed by atoms with van der Waals surface area (Å²) in [7, 11) is 1.93. The van der Waals surface area contributed by atoms with Crippen LogP contribution in [0.4, 0.5) is 0 Å². The largest absolute Gasteiger partial charge is 0.314 e. The van der Waals surface area contributed by atoms with Gasteiger partial charge in [0.25, 0.3) is 0 Å². The van der Waals surface area contributed by atoms with Gasteiger partial charge in [0, 0.05) is 12.7 Å². The molecular formula is C16H23N3. The van der Waals surface area contributed by atoms with E-state index in [1.165, 1.54) is 11.1 Å². The molecule has 1 aromatic carbocycles. The minimum Gasteiger partial charge on any atom is -0.314 e. The fraction of sp³-hybridized carbons (Fsp3) is 0.438. The average molecular weight is 257 g/mol. The van der Waals surface area contributed by atoms with E-state index in [0.717, 1.165) is 18.8 Å². The predicted octanol–water partition coefficient (Wildman–Crippen LogP) is 2.95. The second-order valence-electron chi connectivity index (χ2n) is 5.98. The molecule has 1 N–H and O–H groups in total. The molecule has 2 aromatic rings. The minimum atomic E-state index is 0.212. The van der Waals surface area contributed by atoms with Gasteiger partial charge in [-0.15, -0.1) is 0 Å². The van der Waals surface area contributed by atoms with E-state index in [1.54, 1.807) is 0 Å². The Balaban J connectivity index is 2.06. The number of aromatic nitrogens is 2. The van der Waals surface area contributed by atoms with Crippen molar-refractivity contribution in [3.05, 3.63) is 53.3 Å². The molecule has 0 radical (unpaired) electrons. The van der Waals surface area contributed by atoms with E-state index in [0.29, 0.717) is 0 Å². The van der Waals surface area contributed by atoms with E-state index in [4.69, 9.17) is 0 Å². The van der Waals surface area contributed by atoms with Crippen LogP contribution in [0.1, 0.15) is 37.6 Å². The summed E-state index contributed by atoms with van der Waals surface area (Å²) in [4.78, 5) is 0. The van der Waals surface area contributed by atoms with Crippen LogP contribution in [-0.2, 0) is 18.5 Å². The molecule has 0 fully saturated rings. The van der Waals surface area contributed by atoms with Crippen molar-refractivity contribution >= 4 is 0 Å². The maximum Gasteiger partial charge on any atom is 0.0762 e. The molecule has 0 aliphatic heterocycles. The Morgan fingerprint density at radius 2 is 1.79 bits per heavy atom. The normalized spacial score (nSPS) is 11.8. The molecular weight excluding hydrogens is 234 g/mol. The van der Waals surface area contributed by atoms with Gasteiger partial charge in [-0.2, -0.15) is 5.10 Å². The lowest BCUT2D eigenvalue weighted by atomic mass is 9.87. The molecule has 1 aromatic heterocycles. The zero-order valence-electron chi connectivity index (χ0n) is 12.3. The maximum absolute atomic E-state index is 4.52. The molecule has 102 valence electrons. The van der Waals surface area contributed by atoms with Crippen molar-refractivity contribution in [2.24, 2.45) is 0 Å². The van der Waals surface area contributed by atoms with E-state index in [2.05, 4.69) is 61.5 Å². The zero-order valence-corrected chi connectivity index (χ0v) is 12.3. The smallest absolute Gasteiger partial charge is 0.0762 e. The van der Waals surface area contributed by atoms with Crippen LogP contribution in [0.15, 0.2) is 36.5 Å². The van der Waals surface area contributed by atoms with Crippen molar-refractivity contribution in [3.8, 4) is 0 Å². The molecule has 0 atom stereocenters. The lowest BCUT2D eigenvalue weighted by molar-refractivity contribution is 0.589. The first kappa shape index (κ1) is 13.8. The van der Waals surface area contributed by atoms with Crippen molar-refractivity contribution in [2.45, 2.75) is 39.3 Å². The molecule has 0 aliphatic rings. The van der Waals surface area contributed by atoms with Crippen LogP contribution in [0, 0.1) is 0 Å². The Labute approximate surface area is 115 Å². The molecule has 0 spiro atoms. The molecule has 3 nitrogen and oxygen atoms in total. The lowest BCUT2D eigenvalue weighted by Crippen LogP contribution is -2.11. The summed E-state index contributed by atoms with van der Waals surface area (Å²) in [6.45, 7) is 8.35. The van der Waals surface area contributed by atoms with E-state index in [1.807, 2.05) is 17.9 Å². The van der Waals surface area contributed by atoms with Crippen molar-refractivity contribution in [1.82, 2.24) is 15.1 Å². The second-order valence-corrected chi connectivity index (χ2v) is 5.98. The Morgan fingerprint density at radius 3 is 2.37 bits per heavy atom. The topological polar surface area (TPSA) is 29.9 Å². The molecule has 0 saturated carbocycles. The van der Waals surface area contributed by atoms with Crippen molar-refractivity contribution < 1.29 is 0 Å². The van der Waals surface area contributed by atoms with Gasteiger partial charge in [0.2, 0.25) is 0 Å². The number of rotatable bonds is 4. The van der Waals surface area contributed by atoms with Crippen LogP contribution in [0.25, 0.3) is 0 Å². The average Bonchev–Trinajstić information content (AvgIpc) is 2.77. The Bertz CT molecular complexity index is 518. The number of hydrogen-bond donors (Lipinski definition) is 1. The second kappa shape index (κ2) is 5.57. The highest BCUT2D eigenvalue weighted by Gasteiger charge is 2.12. The summed E-state index contributed by atoms with van der Waals surface area (Å²) in [5.74, 6) is 0. The minimum absolute atomic E-state index is 0.212. The van der Waals surface area contributed by atoms with Gasteiger partial charge in [-0.3, -0.25) is 4.68 Å². The van der Waals surface area contributed by atoms with Crippen molar-refractivity contribution in [1.29, 1.82) is 0 Å². The summed E-state index contributed by atoms with van der Waals surface area (Å²) in [6.07, 6.45) is 2.03. The number of benzene rings is 1. The highest BCUT2D eigenvalue weighted by molar-refractivity contribution is 5.27. The lowest BCUT2D eigenvalue weighted by Gasteiger charge is -2.19. The zero-order chi connectivity index (χ0) is 13.9. The van der Waals surface area contributed by atoms with Gasteiger partial charge in [-0.1, -0.05) is 45.0 Å². The molecule has 0 saturated heterocycles. The first-order valence-corrected chi connectivity index (χ1v) is 6.75. The van der Waals surface area contributed by atoms with E-state index in [9.17, 15) is 0 Å². The van der Waals surface area contributed by atoms with Gasteiger partial charge in [0.1, 0.15) is 0 Å². The molecule has 1 heterocycles. The molecule has 3 heteroatoms. The third-order valence-corrected chi connectivity index (χ3v) is 3.22. The summed E-state index contributed by atoms with van der Waals surface area (Å²) >= 11 is 0. The van der Waals surface area contributed by atoms with Crippen molar-refractivity contribution in [3.63, 3.8) is 0 Å². The van der Waals surface area contributed by atoms with Crippen LogP contribution in [0.5, 0.6) is 0 Å². The molecule has 0 bridgehead atoms. The van der Waals surface area contributed by atoms with E-state index >= 15 is 0 Å². The third-order valence-electron chi connectivity index (χ3n) is 3.22. The molecule has 19 heavy (non-hydrogen) atoms. The molecule has 0 unspecified atom stereocenters. The van der Waals surface area contributed by atoms with Gasteiger partial charge < -0.3 is 5.32 Å². The van der Waals surface area contributed by atoms with Gasteiger partial charge in [-0.05, 0) is 29.7 Å². The van der Waals surface area contributed by atoms with E-state index in [-0.39, 0.29) is 5.41 Å². The van der Waals surface area contributed by atoms with Gasteiger partial charge in [0.15, 0.2) is 0 Å². The summed E-state index contributed by atoms with van der Waals surface area (Å²) in [5, 5.41) is 7.63. The highest BCUT2D eigenvalue weighted by Crippen LogP contribution is 2.22. The number of nitrogens with one attached hydrogen (secondary N) is 1. The standard InChI is InChI=1S/C16H23N3/c1-16(2,3)14-7-5-13(6-8-14)12-19-10-9-15(18-19)11-17-4/h5-10,17H,11-12H2,1-4H3. The number of nitrogens with zero attached hydrogens (tertiary/aromatic N) is 2. The maximum atomic E-state index is 4.52. The molecule has 0 amide bonds. The number of hydrogen-bond acceptors (Lipinski definition) is 2. The Hall–Kier alpha value is -1.61. The van der Waals surface area contributed by atoms with Gasteiger partial charge in [-0.25, -0.2) is 0 Å². The first-order chi connectivity index (χ1) is 8.99. The summed E-state index contributed by atoms with van der Waals surface area (Å²) < 4.78 is 1.98. The fourth-order valence-corrected chi connectivity index (χ4v) is 2.06. The Kier molecular flexibility index (Phi) is 4.05. The fourth-order valence-electron chi connectivity index (χ4n) is 2.06. The first-order valence-electron chi connectivity index (χ1n) is 6.75. The quantitative estimate of drug-likeness (QED) is 0.912. The predicted molar refractivity (Wildman–Crippen MR) is 79.2 cm³/mol. The van der Waals surface area contributed by atoms with Crippen LogP contribution < -0.4 is 5.32 Å². The third kappa shape index (κ3) is 3.67. The Morgan fingerprint density at radius 1 is 1.11 bits per heavy atom. The van der Waals surface area contributed by atoms with Gasteiger partial charge >= 0.3 is 0 Å². The van der Waals surface area contributed by atoms with Crippen LogP contribution in [0.3, 0.4) is 0 Å².